The number of nitrogens with one attached hydrogen (secondary N) is 2. The van der Waals surface area contributed by atoms with Crippen LogP contribution in [-0.2, 0) is 16.2 Å². The lowest BCUT2D eigenvalue weighted by Gasteiger charge is -2.12. The Balaban J connectivity index is 1.50. The molecular formula is C30H36FN3O3. The van der Waals surface area contributed by atoms with E-state index in [4.69, 9.17) is 4.74 Å². The Morgan fingerprint density at radius 2 is 1.62 bits per heavy atom. The highest BCUT2D eigenvalue weighted by atomic mass is 19.1. The standard InChI is InChI=1S/C30H36FN3O3/c1-2-3-4-5-6-7-8-13-29(35)32-21-30(36)34-33-20-27-26-12-10-9-11-24(26)16-19-28(27)37-22-23-14-17-25(31)18-15-23/h9-12,14-20H,2-8,13,21-22H2,1H3,(H,32,35)(H,34,36)/b33-20-. The van der Waals surface area contributed by atoms with Crippen LogP contribution in [0.4, 0.5) is 4.39 Å². The van der Waals surface area contributed by atoms with Crippen molar-refractivity contribution in [3.05, 3.63) is 77.6 Å². The molecule has 37 heavy (non-hydrogen) atoms. The average molecular weight is 506 g/mol. The summed E-state index contributed by atoms with van der Waals surface area (Å²) in [7, 11) is 0. The molecule has 6 nitrogen and oxygen atoms in total. The minimum absolute atomic E-state index is 0.127. The zero-order valence-corrected chi connectivity index (χ0v) is 21.5. The third kappa shape index (κ3) is 9.67. The van der Waals surface area contributed by atoms with E-state index in [0.29, 0.717) is 17.7 Å². The fourth-order valence-electron chi connectivity index (χ4n) is 3.99. The highest BCUT2D eigenvalue weighted by molar-refractivity contribution is 6.02. The molecule has 2 N–H and O–H groups in total. The molecule has 0 aliphatic heterocycles. The number of rotatable bonds is 15. The first-order valence-electron chi connectivity index (χ1n) is 13.0. The van der Waals surface area contributed by atoms with Crippen molar-refractivity contribution in [1.29, 1.82) is 0 Å². The monoisotopic (exact) mass is 505 g/mol. The Kier molecular flexibility index (Phi) is 11.6. The molecule has 0 atom stereocenters. The van der Waals surface area contributed by atoms with Gasteiger partial charge in [-0.05, 0) is 41.0 Å². The van der Waals surface area contributed by atoms with Gasteiger partial charge in [0.05, 0.1) is 12.8 Å². The van der Waals surface area contributed by atoms with Crippen molar-refractivity contribution in [3.63, 3.8) is 0 Å². The lowest BCUT2D eigenvalue weighted by molar-refractivity contribution is -0.126. The summed E-state index contributed by atoms with van der Waals surface area (Å²) in [5.41, 5.74) is 4.02. The zero-order chi connectivity index (χ0) is 26.3. The van der Waals surface area contributed by atoms with E-state index in [-0.39, 0.29) is 24.9 Å². The molecule has 2 amide bonds. The van der Waals surface area contributed by atoms with E-state index in [2.05, 4.69) is 22.8 Å². The van der Waals surface area contributed by atoms with E-state index in [9.17, 15) is 14.0 Å². The largest absolute Gasteiger partial charge is 0.488 e. The van der Waals surface area contributed by atoms with Gasteiger partial charge in [0.2, 0.25) is 5.91 Å². The maximum absolute atomic E-state index is 13.2. The number of fused-ring (bicyclic) bond motifs is 1. The second kappa shape index (κ2) is 15.4. The quantitative estimate of drug-likeness (QED) is 0.145. The van der Waals surface area contributed by atoms with Crippen molar-refractivity contribution in [3.8, 4) is 5.75 Å². The molecule has 3 rings (SSSR count). The van der Waals surface area contributed by atoms with Gasteiger partial charge in [-0.15, -0.1) is 0 Å². The van der Waals surface area contributed by atoms with Crippen LogP contribution in [0.1, 0.15) is 69.4 Å². The number of hydrogen-bond donors (Lipinski definition) is 2. The van der Waals surface area contributed by atoms with Crippen molar-refractivity contribution in [2.24, 2.45) is 5.10 Å². The van der Waals surface area contributed by atoms with Gasteiger partial charge in [-0.2, -0.15) is 5.10 Å². The van der Waals surface area contributed by atoms with Crippen LogP contribution >= 0.6 is 0 Å². The first-order valence-corrected chi connectivity index (χ1v) is 13.0. The number of carbonyl (C=O) groups is 2. The Bertz CT molecular complexity index is 1180. The van der Waals surface area contributed by atoms with Crippen molar-refractivity contribution in [1.82, 2.24) is 10.7 Å². The Morgan fingerprint density at radius 3 is 2.41 bits per heavy atom. The number of benzene rings is 3. The predicted molar refractivity (Wildman–Crippen MR) is 146 cm³/mol. The highest BCUT2D eigenvalue weighted by Gasteiger charge is 2.09. The number of carbonyl (C=O) groups excluding carboxylic acids is 2. The first-order chi connectivity index (χ1) is 18.1. The summed E-state index contributed by atoms with van der Waals surface area (Å²) in [6.07, 6.45) is 9.94. The number of halogens is 1. The molecule has 0 saturated carbocycles. The fraction of sp³-hybridized carbons (Fsp3) is 0.367. The second-order valence-corrected chi connectivity index (χ2v) is 9.05. The van der Waals surface area contributed by atoms with Crippen LogP contribution in [0.2, 0.25) is 0 Å². The summed E-state index contributed by atoms with van der Waals surface area (Å²) in [6, 6.07) is 17.7. The molecule has 196 valence electrons. The van der Waals surface area contributed by atoms with Gasteiger partial charge >= 0.3 is 0 Å². The summed E-state index contributed by atoms with van der Waals surface area (Å²) in [6.45, 7) is 2.33. The molecular weight excluding hydrogens is 469 g/mol. The van der Waals surface area contributed by atoms with Crippen molar-refractivity contribution in [2.45, 2.75) is 64.9 Å². The van der Waals surface area contributed by atoms with Gasteiger partial charge in [0.25, 0.3) is 5.91 Å². The third-order valence-electron chi connectivity index (χ3n) is 6.07. The maximum Gasteiger partial charge on any atom is 0.259 e. The SMILES string of the molecule is CCCCCCCCCC(=O)NCC(=O)N/N=C\c1c(OCc2ccc(F)cc2)ccc2ccccc12. The molecule has 0 bridgehead atoms. The van der Waals surface area contributed by atoms with Crippen LogP contribution in [0, 0.1) is 5.82 Å². The van der Waals surface area contributed by atoms with Crippen molar-refractivity contribution < 1.29 is 18.7 Å². The molecule has 7 heteroatoms. The molecule has 0 radical (unpaired) electrons. The van der Waals surface area contributed by atoms with Crippen LogP contribution < -0.4 is 15.5 Å². The smallest absolute Gasteiger partial charge is 0.259 e. The topological polar surface area (TPSA) is 79.8 Å². The molecule has 0 aliphatic carbocycles. The number of amides is 2. The molecule has 0 fully saturated rings. The second-order valence-electron chi connectivity index (χ2n) is 9.05. The lowest BCUT2D eigenvalue weighted by atomic mass is 10.0. The van der Waals surface area contributed by atoms with Gasteiger partial charge in [0, 0.05) is 12.0 Å². The normalized spacial score (nSPS) is 11.1. The molecule has 0 saturated heterocycles. The number of unbranched alkanes of at least 4 members (excludes halogenated alkanes) is 6. The van der Waals surface area contributed by atoms with Crippen LogP contribution in [0.25, 0.3) is 10.8 Å². The summed E-state index contributed by atoms with van der Waals surface area (Å²) >= 11 is 0. The van der Waals surface area contributed by atoms with Gasteiger partial charge in [-0.25, -0.2) is 9.82 Å². The number of hydrazone groups is 1. The number of ether oxygens (including phenoxy) is 1. The van der Waals surface area contributed by atoms with E-state index in [1.807, 2.05) is 36.4 Å². The van der Waals surface area contributed by atoms with Gasteiger partial charge in [-0.3, -0.25) is 9.59 Å². The van der Waals surface area contributed by atoms with E-state index >= 15 is 0 Å². The zero-order valence-electron chi connectivity index (χ0n) is 21.5. The van der Waals surface area contributed by atoms with Gasteiger partial charge in [-0.1, -0.05) is 87.9 Å². The van der Waals surface area contributed by atoms with E-state index < -0.39 is 5.91 Å². The average Bonchev–Trinajstić information content (AvgIpc) is 2.91. The number of nitrogens with zero attached hydrogens (tertiary/aromatic N) is 1. The molecule has 0 aromatic heterocycles. The Morgan fingerprint density at radius 1 is 0.892 bits per heavy atom. The maximum atomic E-state index is 13.2. The predicted octanol–water partition coefficient (Wildman–Crippen LogP) is 6.26. The lowest BCUT2D eigenvalue weighted by Crippen LogP contribution is -2.34. The summed E-state index contributed by atoms with van der Waals surface area (Å²) < 4.78 is 19.2. The summed E-state index contributed by atoms with van der Waals surface area (Å²) in [5, 5.41) is 8.67. The van der Waals surface area contributed by atoms with E-state index in [1.165, 1.54) is 37.8 Å². The molecule has 0 heterocycles. The van der Waals surface area contributed by atoms with Gasteiger partial charge in [0.1, 0.15) is 18.2 Å². The van der Waals surface area contributed by atoms with Gasteiger partial charge in [0.15, 0.2) is 0 Å². The fourth-order valence-corrected chi connectivity index (χ4v) is 3.99. The molecule has 0 spiro atoms. The van der Waals surface area contributed by atoms with Gasteiger partial charge < -0.3 is 10.1 Å². The van der Waals surface area contributed by atoms with Crippen molar-refractivity contribution in [2.75, 3.05) is 6.54 Å². The summed E-state index contributed by atoms with van der Waals surface area (Å²) in [5.74, 6) is -0.243. The van der Waals surface area contributed by atoms with Crippen LogP contribution in [0.15, 0.2) is 65.8 Å². The number of hydrogen-bond acceptors (Lipinski definition) is 4. The molecule has 3 aromatic rings. The van der Waals surface area contributed by atoms with E-state index in [0.717, 1.165) is 35.6 Å². The van der Waals surface area contributed by atoms with Crippen LogP contribution in [-0.4, -0.2) is 24.6 Å². The van der Waals surface area contributed by atoms with Crippen LogP contribution in [0.5, 0.6) is 5.75 Å². The van der Waals surface area contributed by atoms with E-state index in [1.54, 1.807) is 18.3 Å². The Labute approximate surface area is 218 Å². The Hall–Kier alpha value is -3.74. The highest BCUT2D eigenvalue weighted by Crippen LogP contribution is 2.27. The molecule has 0 aliphatic rings. The van der Waals surface area contributed by atoms with Crippen LogP contribution in [0.3, 0.4) is 0 Å². The van der Waals surface area contributed by atoms with Crippen molar-refractivity contribution >= 4 is 28.8 Å². The minimum atomic E-state index is -0.404. The third-order valence-corrected chi connectivity index (χ3v) is 6.07. The molecule has 0 unspecified atom stereocenters. The first kappa shape index (κ1) is 27.8. The summed E-state index contributed by atoms with van der Waals surface area (Å²) in [4.78, 5) is 24.2. The molecule has 3 aromatic carbocycles. The minimum Gasteiger partial charge on any atom is -0.488 e.